The summed E-state index contributed by atoms with van der Waals surface area (Å²) < 4.78 is 26.1. The Balaban J connectivity index is 2.08. The Morgan fingerprint density at radius 1 is 1.48 bits per heavy atom. The van der Waals surface area contributed by atoms with Gasteiger partial charge in [-0.05, 0) is 30.4 Å². The number of sulfonamides is 1. The van der Waals surface area contributed by atoms with Crippen LogP contribution >= 0.6 is 0 Å². The molecule has 7 nitrogen and oxygen atoms in total. The summed E-state index contributed by atoms with van der Waals surface area (Å²) in [5, 5.41) is 2.91. The van der Waals surface area contributed by atoms with E-state index in [1.54, 1.807) is 23.4 Å². The number of amides is 2. The van der Waals surface area contributed by atoms with E-state index in [9.17, 15) is 13.2 Å². The Kier molecular flexibility index (Phi) is 6.78. The quantitative estimate of drug-likeness (QED) is 0.828. The van der Waals surface area contributed by atoms with E-state index in [4.69, 9.17) is 0 Å². The highest BCUT2D eigenvalue weighted by molar-refractivity contribution is 7.88. The van der Waals surface area contributed by atoms with E-state index >= 15 is 0 Å². The molecule has 1 aliphatic heterocycles. The van der Waals surface area contributed by atoms with E-state index in [1.807, 2.05) is 19.9 Å². The molecule has 0 bridgehead atoms. The molecule has 0 aromatic carbocycles. The summed E-state index contributed by atoms with van der Waals surface area (Å²) in [4.78, 5) is 18.1. The standard InChI is InChI=1S/C17H28N4O3S/c1-14(2)10-19-17(22)20-9-5-7-16(13-20)21(25(3,23)24)12-15-6-4-8-18-11-15/h4,6,8,11,14,16H,5,7,9-10,12-13H2,1-3H3,(H,19,22). The van der Waals surface area contributed by atoms with E-state index in [1.165, 1.54) is 10.6 Å². The van der Waals surface area contributed by atoms with E-state index in [0.29, 0.717) is 25.6 Å². The second kappa shape index (κ2) is 8.62. The SMILES string of the molecule is CC(C)CNC(=O)N1CCCC(N(Cc2cccnc2)S(C)(=O)=O)C1. The maximum absolute atomic E-state index is 12.3. The first-order valence-corrected chi connectivity index (χ1v) is 10.5. The molecule has 1 fully saturated rings. The maximum Gasteiger partial charge on any atom is 0.317 e. The van der Waals surface area contributed by atoms with Gasteiger partial charge < -0.3 is 10.2 Å². The van der Waals surface area contributed by atoms with E-state index < -0.39 is 10.0 Å². The number of carbonyl (C=O) groups is 1. The first kappa shape index (κ1) is 19.7. The van der Waals surface area contributed by atoms with Gasteiger partial charge in [-0.3, -0.25) is 4.98 Å². The Labute approximate surface area is 150 Å². The fourth-order valence-corrected chi connectivity index (χ4v) is 4.06. The van der Waals surface area contributed by atoms with E-state index in [2.05, 4.69) is 10.3 Å². The molecular weight excluding hydrogens is 340 g/mol. The van der Waals surface area contributed by atoms with Gasteiger partial charge in [0, 0.05) is 44.6 Å². The summed E-state index contributed by atoms with van der Waals surface area (Å²) in [7, 11) is -3.39. The van der Waals surface area contributed by atoms with Crippen LogP contribution in [0, 0.1) is 5.92 Å². The number of carbonyl (C=O) groups excluding carboxylic acids is 1. The van der Waals surface area contributed by atoms with Gasteiger partial charge in [-0.25, -0.2) is 13.2 Å². The number of likely N-dealkylation sites (tertiary alicyclic amines) is 1. The third-order valence-electron chi connectivity index (χ3n) is 4.24. The number of hydrogen-bond acceptors (Lipinski definition) is 4. The largest absolute Gasteiger partial charge is 0.338 e. The number of rotatable bonds is 6. The summed E-state index contributed by atoms with van der Waals surface area (Å²) in [5.41, 5.74) is 0.842. The maximum atomic E-state index is 12.3. The third kappa shape index (κ3) is 5.97. The molecule has 2 heterocycles. The Bertz CT molecular complexity index is 664. The highest BCUT2D eigenvalue weighted by Crippen LogP contribution is 2.21. The minimum atomic E-state index is -3.39. The Hall–Kier alpha value is -1.67. The number of piperidine rings is 1. The van der Waals surface area contributed by atoms with Gasteiger partial charge in [0.15, 0.2) is 0 Å². The number of urea groups is 1. The average Bonchev–Trinajstić information content (AvgIpc) is 2.57. The fraction of sp³-hybridized carbons (Fsp3) is 0.647. The van der Waals surface area contributed by atoms with Crippen molar-refractivity contribution >= 4 is 16.1 Å². The Morgan fingerprint density at radius 3 is 2.84 bits per heavy atom. The fourth-order valence-electron chi connectivity index (χ4n) is 2.97. The molecule has 1 aromatic heterocycles. The van der Waals surface area contributed by atoms with Crippen LogP contribution in [0.15, 0.2) is 24.5 Å². The molecular formula is C17H28N4O3S. The molecule has 1 aromatic rings. The van der Waals surface area contributed by atoms with Crippen molar-refractivity contribution in [2.75, 3.05) is 25.9 Å². The topological polar surface area (TPSA) is 82.6 Å². The monoisotopic (exact) mass is 368 g/mol. The van der Waals surface area contributed by atoms with Gasteiger partial charge in [0.25, 0.3) is 0 Å². The lowest BCUT2D eigenvalue weighted by Crippen LogP contribution is -2.53. The van der Waals surface area contributed by atoms with Crippen LogP contribution in [0.1, 0.15) is 32.3 Å². The van der Waals surface area contributed by atoms with Gasteiger partial charge in [0.1, 0.15) is 0 Å². The zero-order chi connectivity index (χ0) is 18.4. The molecule has 0 saturated carbocycles. The van der Waals surface area contributed by atoms with Crippen molar-refractivity contribution in [2.24, 2.45) is 5.92 Å². The molecule has 1 atom stereocenters. The molecule has 0 aliphatic carbocycles. The van der Waals surface area contributed by atoms with Crippen molar-refractivity contribution in [2.45, 2.75) is 39.3 Å². The highest BCUT2D eigenvalue weighted by atomic mass is 32.2. The van der Waals surface area contributed by atoms with Crippen molar-refractivity contribution in [1.82, 2.24) is 19.5 Å². The van der Waals surface area contributed by atoms with Crippen molar-refractivity contribution in [3.8, 4) is 0 Å². The second-order valence-electron chi connectivity index (χ2n) is 6.99. The number of hydrogen-bond donors (Lipinski definition) is 1. The van der Waals surface area contributed by atoms with Crippen LogP contribution in [0.3, 0.4) is 0 Å². The first-order chi connectivity index (χ1) is 11.8. The highest BCUT2D eigenvalue weighted by Gasteiger charge is 2.32. The summed E-state index contributed by atoms with van der Waals surface area (Å²) in [5.74, 6) is 0.377. The molecule has 0 radical (unpaired) electrons. The summed E-state index contributed by atoms with van der Waals surface area (Å²) >= 11 is 0. The van der Waals surface area contributed by atoms with Gasteiger partial charge in [0.05, 0.1) is 6.26 Å². The average molecular weight is 369 g/mol. The number of pyridine rings is 1. The van der Waals surface area contributed by atoms with Crippen LogP contribution in [0.25, 0.3) is 0 Å². The predicted molar refractivity (Wildman–Crippen MR) is 97.5 cm³/mol. The summed E-state index contributed by atoms with van der Waals surface area (Å²) in [6, 6.07) is 3.32. The first-order valence-electron chi connectivity index (χ1n) is 8.66. The van der Waals surface area contributed by atoms with E-state index in [0.717, 1.165) is 18.4 Å². The van der Waals surface area contributed by atoms with Crippen molar-refractivity contribution in [3.05, 3.63) is 30.1 Å². The Morgan fingerprint density at radius 2 is 2.24 bits per heavy atom. The molecule has 0 spiro atoms. The summed E-state index contributed by atoms with van der Waals surface area (Å²) in [6.45, 7) is 6.05. The summed E-state index contributed by atoms with van der Waals surface area (Å²) in [6.07, 6.45) is 6.10. The van der Waals surface area contributed by atoms with Gasteiger partial charge >= 0.3 is 6.03 Å². The van der Waals surface area contributed by atoms with E-state index in [-0.39, 0.29) is 18.6 Å². The van der Waals surface area contributed by atoms with Crippen molar-refractivity contribution in [3.63, 3.8) is 0 Å². The molecule has 2 rings (SSSR count). The lowest BCUT2D eigenvalue weighted by Gasteiger charge is -2.38. The van der Waals surface area contributed by atoms with Crippen LogP contribution in [0.4, 0.5) is 4.79 Å². The molecule has 25 heavy (non-hydrogen) atoms. The molecule has 8 heteroatoms. The van der Waals surface area contributed by atoms with Crippen LogP contribution in [-0.4, -0.2) is 60.6 Å². The minimum Gasteiger partial charge on any atom is -0.338 e. The van der Waals surface area contributed by atoms with Crippen molar-refractivity contribution in [1.29, 1.82) is 0 Å². The van der Waals surface area contributed by atoms with Crippen LogP contribution in [-0.2, 0) is 16.6 Å². The lowest BCUT2D eigenvalue weighted by molar-refractivity contribution is 0.147. The number of nitrogens with one attached hydrogen (secondary N) is 1. The molecule has 1 saturated heterocycles. The van der Waals surface area contributed by atoms with Crippen LogP contribution < -0.4 is 5.32 Å². The zero-order valence-electron chi connectivity index (χ0n) is 15.2. The minimum absolute atomic E-state index is 0.117. The molecule has 1 aliphatic rings. The second-order valence-corrected chi connectivity index (χ2v) is 8.93. The van der Waals surface area contributed by atoms with Gasteiger partial charge in [0.2, 0.25) is 10.0 Å². The number of aromatic nitrogens is 1. The third-order valence-corrected chi connectivity index (χ3v) is 5.52. The zero-order valence-corrected chi connectivity index (χ0v) is 16.0. The van der Waals surface area contributed by atoms with Gasteiger partial charge in [-0.2, -0.15) is 4.31 Å². The van der Waals surface area contributed by atoms with Gasteiger partial charge in [-0.15, -0.1) is 0 Å². The van der Waals surface area contributed by atoms with Crippen LogP contribution in [0.2, 0.25) is 0 Å². The molecule has 1 unspecified atom stereocenters. The smallest absolute Gasteiger partial charge is 0.317 e. The van der Waals surface area contributed by atoms with Crippen molar-refractivity contribution < 1.29 is 13.2 Å². The normalized spacial score (nSPS) is 18.6. The predicted octanol–water partition coefficient (Wildman–Crippen LogP) is 1.67. The number of nitrogens with zero attached hydrogens (tertiary/aromatic N) is 3. The lowest BCUT2D eigenvalue weighted by atomic mass is 10.1. The van der Waals surface area contributed by atoms with Crippen LogP contribution in [0.5, 0.6) is 0 Å². The molecule has 2 amide bonds. The molecule has 140 valence electrons. The van der Waals surface area contributed by atoms with Gasteiger partial charge in [-0.1, -0.05) is 19.9 Å². The molecule has 1 N–H and O–H groups in total.